The van der Waals surface area contributed by atoms with Crippen LogP contribution in [0.25, 0.3) is 12.2 Å². The summed E-state index contributed by atoms with van der Waals surface area (Å²) in [7, 11) is 0. The van der Waals surface area contributed by atoms with Crippen LogP contribution in [-0.4, -0.2) is 17.8 Å². The Bertz CT molecular complexity index is 647. The van der Waals surface area contributed by atoms with E-state index in [0.717, 1.165) is 12.2 Å². The van der Waals surface area contributed by atoms with E-state index in [9.17, 15) is 24.6 Å². The molecule has 0 spiro atoms. The van der Waals surface area contributed by atoms with Gasteiger partial charge in [0, 0.05) is 12.6 Å². The Morgan fingerprint density at radius 2 is 1.57 bits per heavy atom. The molecular formula is C14H12N2O5-2. The highest BCUT2D eigenvalue weighted by atomic mass is 16.4. The molecule has 0 aliphatic heterocycles. The Morgan fingerprint density at radius 1 is 1.05 bits per heavy atom. The molecular weight excluding hydrogens is 276 g/mol. The maximum atomic E-state index is 11.1. The smallest absolute Gasteiger partial charge is 0.221 e. The van der Waals surface area contributed by atoms with Gasteiger partial charge in [0.15, 0.2) is 0 Å². The SMILES string of the molecule is CC(=O)Nc1cc(N)c(/C=C/C(=O)[O-])cc1/C=C/C(=O)[O-]. The van der Waals surface area contributed by atoms with E-state index in [0.29, 0.717) is 16.8 Å². The van der Waals surface area contributed by atoms with Crippen molar-refractivity contribution < 1.29 is 24.6 Å². The van der Waals surface area contributed by atoms with Gasteiger partial charge in [-0.05, 0) is 35.4 Å². The molecule has 1 aromatic rings. The zero-order valence-corrected chi connectivity index (χ0v) is 11.1. The molecule has 7 nitrogen and oxygen atoms in total. The molecule has 0 fully saturated rings. The summed E-state index contributed by atoms with van der Waals surface area (Å²) in [4.78, 5) is 32.0. The first-order chi connectivity index (χ1) is 9.79. The third-order valence-corrected chi connectivity index (χ3v) is 2.36. The number of aliphatic carboxylic acids is 2. The summed E-state index contributed by atoms with van der Waals surface area (Å²) in [5.74, 6) is -3.17. The molecule has 0 aliphatic rings. The molecule has 1 aromatic carbocycles. The lowest BCUT2D eigenvalue weighted by atomic mass is 10.0. The quantitative estimate of drug-likeness (QED) is 0.513. The molecule has 0 saturated heterocycles. The minimum Gasteiger partial charge on any atom is -0.545 e. The monoisotopic (exact) mass is 288 g/mol. The molecule has 0 atom stereocenters. The van der Waals surface area contributed by atoms with E-state index in [1.807, 2.05) is 0 Å². The number of carboxylic acids is 2. The van der Waals surface area contributed by atoms with Gasteiger partial charge < -0.3 is 30.9 Å². The molecule has 1 amide bonds. The highest BCUT2D eigenvalue weighted by molar-refractivity contribution is 5.95. The standard InChI is InChI=1S/C14H14N2O5/c1-8(17)16-12-7-11(15)9(2-4-13(18)19)6-10(12)3-5-14(20)21/h2-7H,15H2,1H3,(H,16,17)(H,18,19)(H,20,21)/p-2/b4-2+,5-3+. The summed E-state index contributed by atoms with van der Waals surface area (Å²) in [6.07, 6.45) is 3.98. The van der Waals surface area contributed by atoms with Crippen molar-refractivity contribution in [2.45, 2.75) is 6.92 Å². The molecule has 21 heavy (non-hydrogen) atoms. The number of carbonyl (C=O) groups excluding carboxylic acids is 3. The molecule has 1 rings (SSSR count). The number of benzene rings is 1. The summed E-state index contributed by atoms with van der Waals surface area (Å²) in [5, 5.41) is 23.4. The average molecular weight is 288 g/mol. The third-order valence-electron chi connectivity index (χ3n) is 2.36. The van der Waals surface area contributed by atoms with E-state index < -0.39 is 11.9 Å². The van der Waals surface area contributed by atoms with Gasteiger partial charge in [0.05, 0.1) is 17.6 Å². The van der Waals surface area contributed by atoms with E-state index in [1.54, 1.807) is 0 Å². The number of rotatable bonds is 5. The number of nitrogen functional groups attached to an aromatic ring is 1. The van der Waals surface area contributed by atoms with Crippen molar-refractivity contribution in [2.24, 2.45) is 0 Å². The van der Waals surface area contributed by atoms with Crippen LogP contribution in [0.4, 0.5) is 11.4 Å². The fourth-order valence-corrected chi connectivity index (χ4v) is 1.55. The van der Waals surface area contributed by atoms with Crippen LogP contribution in [0.15, 0.2) is 24.3 Å². The number of anilines is 2. The Labute approximate surface area is 120 Å². The molecule has 0 heterocycles. The second-order valence-electron chi connectivity index (χ2n) is 4.05. The van der Waals surface area contributed by atoms with Gasteiger partial charge in [-0.15, -0.1) is 0 Å². The first kappa shape index (κ1) is 16.0. The van der Waals surface area contributed by atoms with Gasteiger partial charge in [0.1, 0.15) is 0 Å². The fraction of sp³-hybridized carbons (Fsp3) is 0.0714. The van der Waals surface area contributed by atoms with Crippen LogP contribution >= 0.6 is 0 Å². The van der Waals surface area contributed by atoms with E-state index in [4.69, 9.17) is 5.73 Å². The van der Waals surface area contributed by atoms with Crippen molar-refractivity contribution >= 4 is 41.4 Å². The maximum Gasteiger partial charge on any atom is 0.221 e. The molecule has 0 aliphatic carbocycles. The minimum absolute atomic E-state index is 0.210. The molecule has 0 aromatic heterocycles. The Morgan fingerprint density at radius 3 is 2.05 bits per heavy atom. The van der Waals surface area contributed by atoms with Crippen molar-refractivity contribution in [3.05, 3.63) is 35.4 Å². The molecule has 0 bridgehead atoms. The van der Waals surface area contributed by atoms with Crippen LogP contribution in [0.1, 0.15) is 18.1 Å². The largest absolute Gasteiger partial charge is 0.545 e. The summed E-state index contributed by atoms with van der Waals surface area (Å²) < 4.78 is 0. The van der Waals surface area contributed by atoms with Crippen molar-refractivity contribution in [3.63, 3.8) is 0 Å². The first-order valence-corrected chi connectivity index (χ1v) is 5.79. The average Bonchev–Trinajstić information content (AvgIpc) is 2.35. The summed E-state index contributed by atoms with van der Waals surface area (Å²) in [6, 6.07) is 2.82. The summed E-state index contributed by atoms with van der Waals surface area (Å²) >= 11 is 0. The highest BCUT2D eigenvalue weighted by Gasteiger charge is 2.06. The van der Waals surface area contributed by atoms with Gasteiger partial charge in [0.25, 0.3) is 0 Å². The van der Waals surface area contributed by atoms with Crippen LogP contribution in [-0.2, 0) is 14.4 Å². The van der Waals surface area contributed by atoms with E-state index in [-0.39, 0.29) is 11.6 Å². The van der Waals surface area contributed by atoms with E-state index in [1.165, 1.54) is 31.2 Å². The number of nitrogens with two attached hydrogens (primary N) is 1. The Hall–Kier alpha value is -3.09. The fourth-order valence-electron chi connectivity index (χ4n) is 1.55. The maximum absolute atomic E-state index is 11.1. The minimum atomic E-state index is -1.41. The number of nitrogens with one attached hydrogen (secondary N) is 1. The van der Waals surface area contributed by atoms with Crippen molar-refractivity contribution in [1.29, 1.82) is 0 Å². The number of carboxylic acid groups (broad SMARTS) is 2. The highest BCUT2D eigenvalue weighted by Crippen LogP contribution is 2.26. The van der Waals surface area contributed by atoms with Gasteiger partial charge in [-0.3, -0.25) is 4.79 Å². The molecule has 0 radical (unpaired) electrons. The van der Waals surface area contributed by atoms with Crippen LogP contribution in [0.5, 0.6) is 0 Å². The molecule has 3 N–H and O–H groups in total. The Balaban J connectivity index is 3.32. The lowest BCUT2D eigenvalue weighted by molar-refractivity contribution is -0.298. The predicted octanol–water partition coefficient (Wildman–Crippen LogP) is -1.25. The van der Waals surface area contributed by atoms with Crippen LogP contribution < -0.4 is 21.3 Å². The lowest BCUT2D eigenvalue weighted by Gasteiger charge is -2.11. The topological polar surface area (TPSA) is 135 Å². The first-order valence-electron chi connectivity index (χ1n) is 5.79. The van der Waals surface area contributed by atoms with Crippen LogP contribution in [0.3, 0.4) is 0 Å². The zero-order chi connectivity index (χ0) is 16.0. The number of carbonyl (C=O) groups is 3. The molecule has 0 unspecified atom stereocenters. The van der Waals surface area contributed by atoms with Gasteiger partial charge in [-0.25, -0.2) is 0 Å². The zero-order valence-electron chi connectivity index (χ0n) is 11.1. The van der Waals surface area contributed by atoms with Crippen molar-refractivity contribution in [1.82, 2.24) is 0 Å². The second kappa shape index (κ2) is 6.90. The van der Waals surface area contributed by atoms with Crippen molar-refractivity contribution in [3.8, 4) is 0 Å². The van der Waals surface area contributed by atoms with Gasteiger partial charge >= 0.3 is 0 Å². The molecule has 7 heteroatoms. The van der Waals surface area contributed by atoms with Crippen LogP contribution in [0.2, 0.25) is 0 Å². The van der Waals surface area contributed by atoms with Crippen LogP contribution in [0, 0.1) is 0 Å². The third kappa shape index (κ3) is 5.19. The Kier molecular flexibility index (Phi) is 5.24. The second-order valence-corrected chi connectivity index (χ2v) is 4.05. The molecule has 0 saturated carbocycles. The number of hydrogen-bond donors (Lipinski definition) is 2. The normalized spacial score (nSPS) is 10.9. The van der Waals surface area contributed by atoms with E-state index >= 15 is 0 Å². The van der Waals surface area contributed by atoms with Crippen molar-refractivity contribution in [2.75, 3.05) is 11.1 Å². The number of amides is 1. The molecule has 110 valence electrons. The lowest BCUT2D eigenvalue weighted by Crippen LogP contribution is -2.18. The van der Waals surface area contributed by atoms with Gasteiger partial charge in [-0.1, -0.05) is 12.2 Å². The van der Waals surface area contributed by atoms with Gasteiger partial charge in [-0.2, -0.15) is 0 Å². The number of hydrogen-bond acceptors (Lipinski definition) is 6. The predicted molar refractivity (Wildman–Crippen MR) is 73.2 cm³/mol. The van der Waals surface area contributed by atoms with Gasteiger partial charge in [0.2, 0.25) is 5.91 Å². The summed E-state index contributed by atoms with van der Waals surface area (Å²) in [6.45, 7) is 1.28. The summed E-state index contributed by atoms with van der Waals surface area (Å²) in [5.41, 5.74) is 6.92. The van der Waals surface area contributed by atoms with E-state index in [2.05, 4.69) is 5.32 Å².